The Labute approximate surface area is 105 Å². The van der Waals surface area contributed by atoms with E-state index in [0.717, 1.165) is 0 Å². The molecule has 0 spiro atoms. The monoisotopic (exact) mass is 301 g/mol. The normalized spacial score (nSPS) is 15.1. The molecule has 2 rings (SSSR count). The molecular weight excluding hydrogens is 294 g/mol. The van der Waals surface area contributed by atoms with Gasteiger partial charge < -0.3 is 9.47 Å². The minimum Gasteiger partial charge on any atom is -0.454 e. The lowest BCUT2D eigenvalue weighted by molar-refractivity contribution is -0.385. The van der Waals surface area contributed by atoms with Gasteiger partial charge in [-0.2, -0.15) is 0 Å². The zero-order chi connectivity index (χ0) is 12.4. The van der Waals surface area contributed by atoms with Gasteiger partial charge in [0.2, 0.25) is 0 Å². The van der Waals surface area contributed by atoms with Crippen molar-refractivity contribution in [3.05, 3.63) is 38.3 Å². The van der Waals surface area contributed by atoms with Gasteiger partial charge in [0.15, 0.2) is 0 Å². The molecule has 0 radical (unpaired) electrons. The van der Waals surface area contributed by atoms with Crippen LogP contribution in [0.1, 0.15) is 10.4 Å². The van der Waals surface area contributed by atoms with E-state index in [1.807, 2.05) is 0 Å². The predicted octanol–water partition coefficient (Wildman–Crippen LogP) is 1.91. The van der Waals surface area contributed by atoms with Crippen molar-refractivity contribution in [3.8, 4) is 0 Å². The summed E-state index contributed by atoms with van der Waals surface area (Å²) in [5, 5.41) is 10.7. The number of nitro benzene ring substituents is 1. The number of carbonyl (C=O) groups is 1. The van der Waals surface area contributed by atoms with E-state index in [4.69, 9.17) is 9.47 Å². The van der Waals surface area contributed by atoms with Gasteiger partial charge in [-0.05, 0) is 22.0 Å². The molecule has 0 saturated carbocycles. The van der Waals surface area contributed by atoms with Crippen LogP contribution in [-0.2, 0) is 9.47 Å². The number of rotatable bonds is 3. The Morgan fingerprint density at radius 3 is 2.76 bits per heavy atom. The maximum atomic E-state index is 11.7. The largest absolute Gasteiger partial charge is 0.454 e. The molecule has 1 aliphatic heterocycles. The number of esters is 1. The van der Waals surface area contributed by atoms with Crippen LogP contribution >= 0.6 is 15.9 Å². The van der Waals surface area contributed by atoms with Crippen LogP contribution < -0.4 is 0 Å². The van der Waals surface area contributed by atoms with Crippen LogP contribution in [0.2, 0.25) is 0 Å². The summed E-state index contributed by atoms with van der Waals surface area (Å²) < 4.78 is 10.1. The second-order valence-corrected chi connectivity index (χ2v) is 4.25. The highest BCUT2D eigenvalue weighted by atomic mass is 79.9. The summed E-state index contributed by atoms with van der Waals surface area (Å²) >= 11 is 3.04. The number of hydrogen-bond acceptors (Lipinski definition) is 5. The Bertz CT molecular complexity index is 472. The number of carbonyl (C=O) groups excluding carboxylic acids is 1. The lowest BCUT2D eigenvalue weighted by Crippen LogP contribution is -2.37. The van der Waals surface area contributed by atoms with Crippen LogP contribution in [0.15, 0.2) is 22.7 Å². The maximum Gasteiger partial charge on any atom is 0.339 e. The van der Waals surface area contributed by atoms with Crippen molar-refractivity contribution in [2.24, 2.45) is 0 Å². The van der Waals surface area contributed by atoms with Crippen molar-refractivity contribution in [2.75, 3.05) is 13.2 Å². The standard InChI is InChI=1S/C10H8BrNO5/c11-9-7(2-1-3-8(9)12(14)15)10(13)17-6-4-16-5-6/h1-3,6H,4-5H2. The fourth-order valence-corrected chi connectivity index (χ4v) is 1.89. The van der Waals surface area contributed by atoms with E-state index in [0.29, 0.717) is 13.2 Å². The van der Waals surface area contributed by atoms with Crippen LogP contribution in [0.3, 0.4) is 0 Å². The average Bonchev–Trinajstić information content (AvgIpc) is 2.23. The van der Waals surface area contributed by atoms with Crippen LogP contribution in [0, 0.1) is 10.1 Å². The highest BCUT2D eigenvalue weighted by Gasteiger charge is 2.26. The summed E-state index contributed by atoms with van der Waals surface area (Å²) in [5.41, 5.74) is -0.0181. The topological polar surface area (TPSA) is 78.7 Å². The zero-order valence-corrected chi connectivity index (χ0v) is 10.2. The Balaban J connectivity index is 2.22. The summed E-state index contributed by atoms with van der Waals surface area (Å²) in [6.45, 7) is 0.747. The molecule has 1 aliphatic rings. The van der Waals surface area contributed by atoms with Gasteiger partial charge in [0.25, 0.3) is 5.69 Å². The minimum atomic E-state index is -0.589. The molecular formula is C10H8BrNO5. The number of halogens is 1. The molecule has 1 saturated heterocycles. The predicted molar refractivity (Wildman–Crippen MR) is 60.8 cm³/mol. The fraction of sp³-hybridized carbons (Fsp3) is 0.300. The summed E-state index contributed by atoms with van der Waals surface area (Å²) in [6.07, 6.45) is -0.256. The van der Waals surface area contributed by atoms with E-state index < -0.39 is 10.9 Å². The number of nitrogens with zero attached hydrogens (tertiary/aromatic N) is 1. The smallest absolute Gasteiger partial charge is 0.339 e. The first-order valence-corrected chi connectivity index (χ1v) is 5.60. The molecule has 1 heterocycles. The number of benzene rings is 1. The number of nitro groups is 1. The minimum absolute atomic E-state index is 0.134. The Morgan fingerprint density at radius 1 is 1.53 bits per heavy atom. The van der Waals surface area contributed by atoms with Crippen molar-refractivity contribution in [2.45, 2.75) is 6.10 Å². The van der Waals surface area contributed by atoms with Gasteiger partial charge in [0, 0.05) is 6.07 Å². The molecule has 0 bridgehead atoms. The van der Waals surface area contributed by atoms with Gasteiger partial charge in [-0.25, -0.2) is 4.79 Å². The van der Waals surface area contributed by atoms with E-state index in [1.54, 1.807) is 0 Å². The first-order valence-electron chi connectivity index (χ1n) is 4.81. The molecule has 1 aromatic carbocycles. The summed E-state index contributed by atoms with van der Waals surface area (Å²) in [5.74, 6) is -0.589. The van der Waals surface area contributed by atoms with Crippen LogP contribution in [0.4, 0.5) is 5.69 Å². The number of ether oxygens (including phenoxy) is 2. The quantitative estimate of drug-likeness (QED) is 0.484. The molecule has 1 aromatic rings. The van der Waals surface area contributed by atoms with Crippen molar-refractivity contribution in [1.82, 2.24) is 0 Å². The molecule has 0 N–H and O–H groups in total. The molecule has 17 heavy (non-hydrogen) atoms. The summed E-state index contributed by atoms with van der Waals surface area (Å²) in [7, 11) is 0. The lowest BCUT2D eigenvalue weighted by atomic mass is 10.2. The highest BCUT2D eigenvalue weighted by molar-refractivity contribution is 9.10. The number of hydrogen-bond donors (Lipinski definition) is 0. The van der Waals surface area contributed by atoms with Gasteiger partial charge in [-0.15, -0.1) is 0 Å². The van der Waals surface area contributed by atoms with Crippen molar-refractivity contribution >= 4 is 27.6 Å². The van der Waals surface area contributed by atoms with Gasteiger partial charge in [0.1, 0.15) is 10.6 Å². The fourth-order valence-electron chi connectivity index (χ4n) is 1.32. The van der Waals surface area contributed by atoms with Crippen molar-refractivity contribution in [1.29, 1.82) is 0 Å². The molecule has 7 heteroatoms. The van der Waals surface area contributed by atoms with Gasteiger partial charge >= 0.3 is 5.97 Å². The molecule has 0 atom stereocenters. The summed E-state index contributed by atoms with van der Waals surface area (Å²) in [4.78, 5) is 21.8. The third-order valence-electron chi connectivity index (χ3n) is 2.28. The highest BCUT2D eigenvalue weighted by Crippen LogP contribution is 2.29. The molecule has 1 fully saturated rings. The third-order valence-corrected chi connectivity index (χ3v) is 3.11. The maximum absolute atomic E-state index is 11.7. The van der Waals surface area contributed by atoms with E-state index in [2.05, 4.69) is 15.9 Å². The van der Waals surface area contributed by atoms with E-state index in [9.17, 15) is 14.9 Å². The Kier molecular flexibility index (Phi) is 3.39. The van der Waals surface area contributed by atoms with Gasteiger partial charge in [-0.3, -0.25) is 10.1 Å². The summed E-state index contributed by atoms with van der Waals surface area (Å²) in [6, 6.07) is 4.23. The van der Waals surface area contributed by atoms with Crippen LogP contribution in [0.25, 0.3) is 0 Å². The second-order valence-electron chi connectivity index (χ2n) is 3.46. The lowest BCUT2D eigenvalue weighted by Gasteiger charge is -2.25. The first kappa shape index (κ1) is 12.0. The SMILES string of the molecule is O=C(OC1COC1)c1cccc([N+](=O)[O-])c1Br. The van der Waals surface area contributed by atoms with Gasteiger partial charge in [-0.1, -0.05) is 6.07 Å². The van der Waals surface area contributed by atoms with E-state index in [1.165, 1.54) is 18.2 Å². The molecule has 0 aliphatic carbocycles. The Morgan fingerprint density at radius 2 is 2.24 bits per heavy atom. The van der Waals surface area contributed by atoms with Crippen molar-refractivity contribution in [3.63, 3.8) is 0 Å². The Hall–Kier alpha value is -1.47. The van der Waals surface area contributed by atoms with Crippen LogP contribution in [-0.4, -0.2) is 30.2 Å². The molecule has 0 unspecified atom stereocenters. The molecule has 0 amide bonds. The molecule has 6 nitrogen and oxygen atoms in total. The van der Waals surface area contributed by atoms with E-state index in [-0.39, 0.29) is 21.8 Å². The van der Waals surface area contributed by atoms with Crippen molar-refractivity contribution < 1.29 is 19.2 Å². The molecule has 90 valence electrons. The average molecular weight is 302 g/mol. The zero-order valence-electron chi connectivity index (χ0n) is 8.59. The van der Waals surface area contributed by atoms with Gasteiger partial charge in [0.05, 0.1) is 23.7 Å². The third kappa shape index (κ3) is 2.45. The molecule has 0 aromatic heterocycles. The first-order chi connectivity index (χ1) is 8.09. The van der Waals surface area contributed by atoms with Crippen LogP contribution in [0.5, 0.6) is 0 Å². The van der Waals surface area contributed by atoms with E-state index >= 15 is 0 Å². The second kappa shape index (κ2) is 4.80.